The molecule has 0 saturated carbocycles. The minimum Gasteiger partial charge on any atom is -0.329 e. The molecule has 92 valence electrons. The van der Waals surface area contributed by atoms with Gasteiger partial charge in [-0.3, -0.25) is 9.78 Å². The number of rotatable bonds is 2. The molecule has 1 saturated heterocycles. The van der Waals surface area contributed by atoms with Gasteiger partial charge in [-0.25, -0.2) is 0 Å². The van der Waals surface area contributed by atoms with Gasteiger partial charge in [0, 0.05) is 12.7 Å². The Balaban J connectivity index is 1.86. The summed E-state index contributed by atoms with van der Waals surface area (Å²) in [5.41, 5.74) is 1.000. The number of amides is 1. The van der Waals surface area contributed by atoms with Gasteiger partial charge in [-0.05, 0) is 36.4 Å². The highest BCUT2D eigenvalue weighted by atomic mass is 32.1. The maximum atomic E-state index is 12.4. The average Bonchev–Trinajstić information content (AvgIpc) is 3.10. The molecular weight excluding hydrogens is 244 g/mol. The van der Waals surface area contributed by atoms with E-state index in [9.17, 15) is 4.79 Å². The van der Waals surface area contributed by atoms with Crippen LogP contribution in [0.1, 0.15) is 34.2 Å². The normalized spacial score (nSPS) is 19.1. The minimum atomic E-state index is 0.137. The molecule has 0 spiro atoms. The van der Waals surface area contributed by atoms with E-state index in [0.29, 0.717) is 0 Å². The summed E-state index contributed by atoms with van der Waals surface area (Å²) >= 11 is 1.50. The molecule has 1 amide bonds. The summed E-state index contributed by atoms with van der Waals surface area (Å²) < 4.78 is 0. The lowest BCUT2D eigenvalue weighted by Gasteiger charge is -2.23. The van der Waals surface area contributed by atoms with Gasteiger partial charge < -0.3 is 4.90 Å². The molecule has 0 N–H and O–H groups in total. The molecule has 3 nitrogen and oxygen atoms in total. The summed E-state index contributed by atoms with van der Waals surface area (Å²) in [6.45, 7) is 0.831. The summed E-state index contributed by atoms with van der Waals surface area (Å²) in [5, 5.41) is 1.94. The first-order valence-corrected chi connectivity index (χ1v) is 6.99. The first kappa shape index (κ1) is 11.4. The zero-order valence-corrected chi connectivity index (χ0v) is 10.8. The van der Waals surface area contributed by atoms with Crippen molar-refractivity contribution < 1.29 is 4.79 Å². The number of carbonyl (C=O) groups excluding carboxylic acids is 1. The van der Waals surface area contributed by atoms with Crippen LogP contribution >= 0.6 is 11.3 Å². The largest absolute Gasteiger partial charge is 0.329 e. The van der Waals surface area contributed by atoms with Crippen LogP contribution in [0.2, 0.25) is 0 Å². The molecule has 0 aliphatic carbocycles. The second-order valence-electron chi connectivity index (χ2n) is 4.39. The van der Waals surface area contributed by atoms with Gasteiger partial charge in [-0.2, -0.15) is 0 Å². The predicted molar refractivity (Wildman–Crippen MR) is 71.6 cm³/mol. The van der Waals surface area contributed by atoms with E-state index in [4.69, 9.17) is 0 Å². The van der Waals surface area contributed by atoms with Crippen molar-refractivity contribution in [3.05, 3.63) is 52.5 Å². The molecule has 1 aliphatic heterocycles. The predicted octanol–water partition coefficient (Wildman–Crippen LogP) is 3.12. The third-order valence-corrected chi connectivity index (χ3v) is 4.13. The number of hydrogen-bond donors (Lipinski definition) is 0. The maximum absolute atomic E-state index is 12.4. The average molecular weight is 258 g/mol. The van der Waals surface area contributed by atoms with E-state index in [0.717, 1.165) is 30.0 Å². The SMILES string of the molecule is O=C(c1cccs1)N1CCC[C@H]1c1ccccn1. The fourth-order valence-electron chi connectivity index (χ4n) is 2.43. The number of pyridine rings is 1. The smallest absolute Gasteiger partial charge is 0.264 e. The van der Waals surface area contributed by atoms with Crippen LogP contribution in [-0.4, -0.2) is 22.3 Å². The lowest BCUT2D eigenvalue weighted by molar-refractivity contribution is 0.0738. The Morgan fingerprint density at radius 3 is 3.00 bits per heavy atom. The third kappa shape index (κ3) is 2.04. The fourth-order valence-corrected chi connectivity index (χ4v) is 3.11. The Hall–Kier alpha value is -1.68. The van der Waals surface area contributed by atoms with Crippen molar-refractivity contribution in [2.75, 3.05) is 6.54 Å². The molecule has 2 aromatic rings. The van der Waals surface area contributed by atoms with Gasteiger partial charge in [-0.1, -0.05) is 12.1 Å². The zero-order chi connectivity index (χ0) is 12.4. The Labute approximate surface area is 110 Å². The van der Waals surface area contributed by atoms with Crippen molar-refractivity contribution >= 4 is 17.2 Å². The molecule has 1 fully saturated rings. The lowest BCUT2D eigenvalue weighted by Crippen LogP contribution is -2.30. The number of likely N-dealkylation sites (tertiary alicyclic amines) is 1. The van der Waals surface area contributed by atoms with E-state index in [-0.39, 0.29) is 11.9 Å². The first-order valence-electron chi connectivity index (χ1n) is 6.11. The molecule has 0 aromatic carbocycles. The zero-order valence-electron chi connectivity index (χ0n) is 9.95. The highest BCUT2D eigenvalue weighted by molar-refractivity contribution is 7.12. The highest BCUT2D eigenvalue weighted by Gasteiger charge is 2.31. The molecule has 3 heterocycles. The standard InChI is InChI=1S/C14H14N2OS/c17-14(13-7-4-10-18-13)16-9-3-6-12(16)11-5-1-2-8-15-11/h1-2,4-5,7-8,10,12H,3,6,9H2/t12-/m0/s1. The molecule has 4 heteroatoms. The number of hydrogen-bond acceptors (Lipinski definition) is 3. The topological polar surface area (TPSA) is 33.2 Å². The van der Waals surface area contributed by atoms with Crippen LogP contribution in [-0.2, 0) is 0 Å². The van der Waals surface area contributed by atoms with E-state index in [1.54, 1.807) is 6.20 Å². The summed E-state index contributed by atoms with van der Waals surface area (Å²) in [6.07, 6.45) is 3.86. The number of nitrogens with zero attached hydrogens (tertiary/aromatic N) is 2. The van der Waals surface area contributed by atoms with Gasteiger partial charge in [0.2, 0.25) is 0 Å². The van der Waals surface area contributed by atoms with Gasteiger partial charge in [0.05, 0.1) is 16.6 Å². The first-order chi connectivity index (χ1) is 8.86. The summed E-state index contributed by atoms with van der Waals surface area (Å²) in [5.74, 6) is 0.137. The minimum absolute atomic E-state index is 0.137. The molecule has 1 atom stereocenters. The van der Waals surface area contributed by atoms with Gasteiger partial charge in [0.15, 0.2) is 0 Å². The van der Waals surface area contributed by atoms with Crippen LogP contribution in [0.15, 0.2) is 41.9 Å². The number of aromatic nitrogens is 1. The number of thiophene rings is 1. The Morgan fingerprint density at radius 2 is 2.28 bits per heavy atom. The Bertz CT molecular complexity index is 524. The summed E-state index contributed by atoms with van der Waals surface area (Å²) in [4.78, 5) is 19.6. The Kier molecular flexibility index (Phi) is 3.11. The highest BCUT2D eigenvalue weighted by Crippen LogP contribution is 2.32. The molecule has 1 aliphatic rings. The molecular formula is C14H14N2OS. The molecule has 0 bridgehead atoms. The van der Waals surface area contributed by atoms with Crippen molar-refractivity contribution in [1.29, 1.82) is 0 Å². The van der Waals surface area contributed by atoms with Crippen molar-refractivity contribution in [2.45, 2.75) is 18.9 Å². The fraction of sp³-hybridized carbons (Fsp3) is 0.286. The summed E-state index contributed by atoms with van der Waals surface area (Å²) in [7, 11) is 0. The molecule has 2 aromatic heterocycles. The second kappa shape index (κ2) is 4.90. The molecule has 0 radical (unpaired) electrons. The maximum Gasteiger partial charge on any atom is 0.264 e. The van der Waals surface area contributed by atoms with Crippen LogP contribution in [0, 0.1) is 0 Å². The van der Waals surface area contributed by atoms with Gasteiger partial charge >= 0.3 is 0 Å². The molecule has 0 unspecified atom stereocenters. The van der Waals surface area contributed by atoms with E-state index in [2.05, 4.69) is 4.98 Å². The molecule has 3 rings (SSSR count). The number of carbonyl (C=O) groups is 1. The quantitative estimate of drug-likeness (QED) is 0.829. The van der Waals surface area contributed by atoms with Gasteiger partial charge in [0.25, 0.3) is 5.91 Å². The second-order valence-corrected chi connectivity index (χ2v) is 5.34. The van der Waals surface area contributed by atoms with Crippen molar-refractivity contribution in [2.24, 2.45) is 0 Å². The van der Waals surface area contributed by atoms with Crippen molar-refractivity contribution in [3.63, 3.8) is 0 Å². The van der Waals surface area contributed by atoms with Crippen LogP contribution in [0.5, 0.6) is 0 Å². The van der Waals surface area contributed by atoms with E-state index < -0.39 is 0 Å². The lowest BCUT2D eigenvalue weighted by atomic mass is 10.1. The van der Waals surface area contributed by atoms with Crippen LogP contribution < -0.4 is 0 Å². The monoisotopic (exact) mass is 258 g/mol. The summed E-state index contributed by atoms with van der Waals surface area (Å²) in [6, 6.07) is 9.84. The Morgan fingerprint density at radius 1 is 1.33 bits per heavy atom. The van der Waals surface area contributed by atoms with Crippen molar-refractivity contribution in [1.82, 2.24) is 9.88 Å². The van der Waals surface area contributed by atoms with Crippen LogP contribution in [0.4, 0.5) is 0 Å². The van der Waals surface area contributed by atoms with E-state index in [1.165, 1.54) is 11.3 Å². The van der Waals surface area contributed by atoms with E-state index >= 15 is 0 Å². The third-order valence-electron chi connectivity index (χ3n) is 3.27. The van der Waals surface area contributed by atoms with Gasteiger partial charge in [0.1, 0.15) is 0 Å². The van der Waals surface area contributed by atoms with Gasteiger partial charge in [-0.15, -0.1) is 11.3 Å². The molecule has 18 heavy (non-hydrogen) atoms. The van der Waals surface area contributed by atoms with Crippen LogP contribution in [0.25, 0.3) is 0 Å². The van der Waals surface area contributed by atoms with Crippen LogP contribution in [0.3, 0.4) is 0 Å². The van der Waals surface area contributed by atoms with Crippen molar-refractivity contribution in [3.8, 4) is 0 Å². The van der Waals surface area contributed by atoms with E-state index in [1.807, 2.05) is 40.6 Å².